The molecule has 0 aliphatic carbocycles. The van der Waals surface area contributed by atoms with E-state index in [4.69, 9.17) is 21.1 Å². The number of rotatable bonds is 3. The third-order valence-corrected chi connectivity index (χ3v) is 3.19. The number of carbonyl (C=O) groups is 2. The van der Waals surface area contributed by atoms with Crippen LogP contribution in [0.25, 0.3) is 10.9 Å². The highest BCUT2D eigenvalue weighted by Gasteiger charge is 2.21. The summed E-state index contributed by atoms with van der Waals surface area (Å²) < 4.78 is 11.7. The number of nitrogens with zero attached hydrogens (tertiary/aromatic N) is 1. The van der Waals surface area contributed by atoms with Gasteiger partial charge in [-0.3, -0.25) is 9.36 Å². The van der Waals surface area contributed by atoms with Crippen molar-refractivity contribution in [2.45, 2.75) is 13.8 Å². The van der Waals surface area contributed by atoms with Crippen molar-refractivity contribution in [3.05, 3.63) is 28.9 Å². The molecule has 0 radical (unpaired) electrons. The lowest BCUT2D eigenvalue weighted by Gasteiger charge is -2.12. The molecular formula is C14H14ClNO4. The van der Waals surface area contributed by atoms with Crippen molar-refractivity contribution in [3.63, 3.8) is 0 Å². The summed E-state index contributed by atoms with van der Waals surface area (Å²) in [6.07, 6.45) is 1.60. The number of methoxy groups -OCH3 is 1. The molecular weight excluding hydrogens is 282 g/mol. The van der Waals surface area contributed by atoms with E-state index in [0.717, 1.165) is 0 Å². The van der Waals surface area contributed by atoms with Crippen LogP contribution in [-0.2, 0) is 4.74 Å². The van der Waals surface area contributed by atoms with Gasteiger partial charge in [0.05, 0.1) is 24.3 Å². The molecule has 0 fully saturated rings. The van der Waals surface area contributed by atoms with Crippen LogP contribution in [0.1, 0.15) is 29.0 Å². The molecule has 0 spiro atoms. The number of halogens is 1. The van der Waals surface area contributed by atoms with Gasteiger partial charge in [0.25, 0.3) is 0 Å². The summed E-state index contributed by atoms with van der Waals surface area (Å²) in [4.78, 5) is 23.4. The average molecular weight is 296 g/mol. The molecule has 0 unspecified atom stereocenters. The molecule has 0 aliphatic heterocycles. The Morgan fingerprint density at radius 1 is 1.40 bits per heavy atom. The summed E-state index contributed by atoms with van der Waals surface area (Å²) in [6, 6.07) is 3.15. The number of hydrogen-bond acceptors (Lipinski definition) is 4. The normalized spacial score (nSPS) is 10.6. The maximum Gasteiger partial charge on any atom is 0.341 e. The number of benzene rings is 1. The largest absolute Gasteiger partial charge is 0.492 e. The molecule has 20 heavy (non-hydrogen) atoms. The molecule has 106 valence electrons. The number of ether oxygens (including phenoxy) is 2. The number of aromatic nitrogens is 1. The summed E-state index contributed by atoms with van der Waals surface area (Å²) >= 11 is 6.19. The van der Waals surface area contributed by atoms with Gasteiger partial charge in [0.1, 0.15) is 11.3 Å². The van der Waals surface area contributed by atoms with Crippen molar-refractivity contribution in [1.82, 2.24) is 4.57 Å². The molecule has 2 aromatic rings. The zero-order valence-corrected chi connectivity index (χ0v) is 12.2. The van der Waals surface area contributed by atoms with Gasteiger partial charge in [0.2, 0.25) is 5.91 Å². The van der Waals surface area contributed by atoms with Gasteiger partial charge in [0.15, 0.2) is 0 Å². The summed E-state index contributed by atoms with van der Waals surface area (Å²) in [7, 11) is 1.29. The first kappa shape index (κ1) is 14.4. The fraction of sp³-hybridized carbons (Fsp3) is 0.286. The Morgan fingerprint density at radius 3 is 2.65 bits per heavy atom. The van der Waals surface area contributed by atoms with Crippen molar-refractivity contribution in [1.29, 1.82) is 0 Å². The number of fused-ring (bicyclic) bond motifs is 1. The second kappa shape index (κ2) is 5.54. The summed E-state index contributed by atoms with van der Waals surface area (Å²) in [5.74, 6) is -0.332. The molecule has 0 bridgehead atoms. The highest BCUT2D eigenvalue weighted by molar-refractivity contribution is 6.36. The van der Waals surface area contributed by atoms with E-state index in [9.17, 15) is 9.59 Å². The molecule has 2 rings (SSSR count). The Morgan fingerprint density at radius 2 is 2.10 bits per heavy atom. The van der Waals surface area contributed by atoms with E-state index in [0.29, 0.717) is 28.3 Å². The molecule has 0 saturated carbocycles. The molecule has 0 aliphatic rings. The maximum atomic E-state index is 11.8. The van der Waals surface area contributed by atoms with Crippen molar-refractivity contribution < 1.29 is 19.1 Å². The van der Waals surface area contributed by atoms with Gasteiger partial charge < -0.3 is 9.47 Å². The summed E-state index contributed by atoms with van der Waals surface area (Å²) in [5, 5.41) is 0.902. The van der Waals surface area contributed by atoms with Crippen LogP contribution in [0.5, 0.6) is 5.75 Å². The summed E-state index contributed by atoms with van der Waals surface area (Å²) in [6.45, 7) is 3.62. The van der Waals surface area contributed by atoms with Crippen molar-refractivity contribution in [2.75, 3.05) is 13.7 Å². The molecule has 0 N–H and O–H groups in total. The third kappa shape index (κ3) is 2.25. The predicted octanol–water partition coefficient (Wildman–Crippen LogP) is 3.14. The maximum absolute atomic E-state index is 11.8. The standard InChI is InChI=1S/C14H14ClNO4/c1-4-20-13-9-5-6-16(8(2)17)12(9)11(15)7-10(13)14(18)19-3/h5-7H,4H2,1-3H3. The second-order valence-electron chi connectivity index (χ2n) is 4.13. The Balaban J connectivity index is 2.82. The highest BCUT2D eigenvalue weighted by atomic mass is 35.5. The van der Waals surface area contributed by atoms with Crippen LogP contribution < -0.4 is 4.74 Å². The molecule has 1 aromatic heterocycles. The van der Waals surface area contributed by atoms with Crippen LogP contribution in [0.4, 0.5) is 0 Å². The molecule has 5 nitrogen and oxygen atoms in total. The first-order valence-electron chi connectivity index (χ1n) is 6.06. The number of esters is 1. The SMILES string of the molecule is CCOc1c(C(=O)OC)cc(Cl)c2c1ccn2C(C)=O. The molecule has 0 amide bonds. The van der Waals surface area contributed by atoms with Gasteiger partial charge in [-0.05, 0) is 19.1 Å². The van der Waals surface area contributed by atoms with Gasteiger partial charge in [-0.25, -0.2) is 4.79 Å². The molecule has 6 heteroatoms. The monoisotopic (exact) mass is 295 g/mol. The van der Waals surface area contributed by atoms with Gasteiger partial charge in [-0.15, -0.1) is 0 Å². The van der Waals surface area contributed by atoms with Crippen molar-refractivity contribution in [2.24, 2.45) is 0 Å². The van der Waals surface area contributed by atoms with E-state index in [-0.39, 0.29) is 11.5 Å². The second-order valence-corrected chi connectivity index (χ2v) is 4.53. The quantitative estimate of drug-likeness (QED) is 0.816. The third-order valence-electron chi connectivity index (χ3n) is 2.91. The summed E-state index contributed by atoms with van der Waals surface area (Å²) in [5.41, 5.74) is 0.767. The van der Waals surface area contributed by atoms with E-state index in [1.807, 2.05) is 6.92 Å². The van der Waals surface area contributed by atoms with E-state index in [1.165, 1.54) is 24.7 Å². The van der Waals surface area contributed by atoms with Crippen molar-refractivity contribution in [3.8, 4) is 5.75 Å². The van der Waals surface area contributed by atoms with Crippen LogP contribution in [0.15, 0.2) is 18.3 Å². The van der Waals surface area contributed by atoms with Gasteiger partial charge in [-0.1, -0.05) is 11.6 Å². The lowest BCUT2D eigenvalue weighted by molar-refractivity contribution is 0.0596. The average Bonchev–Trinajstić information content (AvgIpc) is 2.86. The first-order valence-corrected chi connectivity index (χ1v) is 6.44. The van der Waals surface area contributed by atoms with Gasteiger partial charge in [-0.2, -0.15) is 0 Å². The van der Waals surface area contributed by atoms with Crippen LogP contribution >= 0.6 is 11.6 Å². The van der Waals surface area contributed by atoms with Crippen LogP contribution in [0.3, 0.4) is 0 Å². The molecule has 0 saturated heterocycles. The lowest BCUT2D eigenvalue weighted by Crippen LogP contribution is -2.08. The molecule has 0 atom stereocenters. The fourth-order valence-corrected chi connectivity index (χ4v) is 2.39. The predicted molar refractivity (Wildman–Crippen MR) is 75.8 cm³/mol. The van der Waals surface area contributed by atoms with E-state index in [2.05, 4.69) is 0 Å². The smallest absolute Gasteiger partial charge is 0.341 e. The van der Waals surface area contributed by atoms with E-state index >= 15 is 0 Å². The highest BCUT2D eigenvalue weighted by Crippen LogP contribution is 2.36. The Hall–Kier alpha value is -2.01. The first-order chi connectivity index (χ1) is 9.51. The lowest BCUT2D eigenvalue weighted by atomic mass is 10.1. The van der Waals surface area contributed by atoms with Crippen LogP contribution in [-0.4, -0.2) is 30.2 Å². The van der Waals surface area contributed by atoms with E-state index < -0.39 is 5.97 Å². The molecule has 1 heterocycles. The van der Waals surface area contributed by atoms with E-state index in [1.54, 1.807) is 12.3 Å². The van der Waals surface area contributed by atoms with Crippen molar-refractivity contribution >= 4 is 34.4 Å². The molecule has 1 aromatic carbocycles. The fourth-order valence-electron chi connectivity index (χ4n) is 2.09. The minimum atomic E-state index is -0.534. The Kier molecular flexibility index (Phi) is 3.99. The topological polar surface area (TPSA) is 57.5 Å². The van der Waals surface area contributed by atoms with Gasteiger partial charge >= 0.3 is 5.97 Å². The minimum absolute atomic E-state index is 0.171. The Bertz CT molecular complexity index is 690. The van der Waals surface area contributed by atoms with Gasteiger partial charge in [0, 0.05) is 18.5 Å². The minimum Gasteiger partial charge on any atom is -0.492 e. The van der Waals surface area contributed by atoms with Crippen LogP contribution in [0, 0.1) is 0 Å². The zero-order valence-electron chi connectivity index (χ0n) is 11.4. The zero-order chi connectivity index (χ0) is 14.9. The number of hydrogen-bond donors (Lipinski definition) is 0. The van der Waals surface area contributed by atoms with Crippen LogP contribution in [0.2, 0.25) is 5.02 Å². The Labute approximate surface area is 121 Å². The number of carbonyl (C=O) groups excluding carboxylic acids is 2.